The van der Waals surface area contributed by atoms with Gasteiger partial charge in [0.1, 0.15) is 0 Å². The Morgan fingerprint density at radius 2 is 2.04 bits per heavy atom. The molecule has 1 saturated heterocycles. The molecule has 5 nitrogen and oxygen atoms in total. The van der Waals surface area contributed by atoms with Crippen molar-refractivity contribution < 1.29 is 4.74 Å². The molecule has 2 N–H and O–H groups in total. The minimum atomic E-state index is 0. The third kappa shape index (κ3) is 9.72. The molecule has 1 aliphatic heterocycles. The highest BCUT2D eigenvalue weighted by Crippen LogP contribution is 2.14. The van der Waals surface area contributed by atoms with Crippen molar-refractivity contribution in [1.82, 2.24) is 15.5 Å². The molecule has 0 aromatic carbocycles. The lowest BCUT2D eigenvalue weighted by Gasteiger charge is -2.21. The summed E-state index contributed by atoms with van der Waals surface area (Å²) in [4.78, 5) is 7.13. The Hall–Kier alpha value is -0.0800. The fraction of sp³-hybridized carbons (Fsp3) is 0.941. The molecule has 138 valence electrons. The third-order valence-electron chi connectivity index (χ3n) is 4.19. The average Bonchev–Trinajstić information content (AvgIpc) is 2.89. The second kappa shape index (κ2) is 13.2. The normalized spacial score (nSPS) is 20.4. The van der Waals surface area contributed by atoms with Crippen LogP contribution in [-0.4, -0.2) is 63.3 Å². The van der Waals surface area contributed by atoms with Crippen molar-refractivity contribution >= 4 is 29.9 Å². The SMILES string of the molecule is CCNC(=NCC1CCN(C)C1)NCCC(OCC)C(C)C.I. The second-order valence-electron chi connectivity index (χ2n) is 6.59. The molecule has 6 heteroatoms. The first-order valence-corrected chi connectivity index (χ1v) is 8.89. The fourth-order valence-electron chi connectivity index (χ4n) is 2.89. The smallest absolute Gasteiger partial charge is 0.191 e. The topological polar surface area (TPSA) is 48.9 Å². The van der Waals surface area contributed by atoms with E-state index in [0.29, 0.717) is 17.9 Å². The van der Waals surface area contributed by atoms with Crippen molar-refractivity contribution in [1.29, 1.82) is 0 Å². The second-order valence-corrected chi connectivity index (χ2v) is 6.59. The molecule has 0 aliphatic carbocycles. The number of nitrogens with one attached hydrogen (secondary N) is 2. The summed E-state index contributed by atoms with van der Waals surface area (Å²) >= 11 is 0. The highest BCUT2D eigenvalue weighted by molar-refractivity contribution is 14.0. The monoisotopic (exact) mass is 440 g/mol. The van der Waals surface area contributed by atoms with E-state index < -0.39 is 0 Å². The summed E-state index contributed by atoms with van der Waals surface area (Å²) < 4.78 is 5.79. The van der Waals surface area contributed by atoms with E-state index in [1.165, 1.54) is 19.5 Å². The minimum Gasteiger partial charge on any atom is -0.378 e. The van der Waals surface area contributed by atoms with Crippen molar-refractivity contribution in [3.8, 4) is 0 Å². The molecule has 2 unspecified atom stereocenters. The van der Waals surface area contributed by atoms with E-state index in [-0.39, 0.29) is 24.0 Å². The van der Waals surface area contributed by atoms with Gasteiger partial charge < -0.3 is 20.3 Å². The lowest BCUT2D eigenvalue weighted by molar-refractivity contribution is 0.0258. The first kappa shape index (κ1) is 22.9. The number of guanidine groups is 1. The quantitative estimate of drug-likeness (QED) is 0.329. The van der Waals surface area contributed by atoms with Gasteiger partial charge in [-0.1, -0.05) is 13.8 Å². The molecule has 0 saturated carbocycles. The maximum absolute atomic E-state index is 5.79. The van der Waals surface area contributed by atoms with E-state index in [1.54, 1.807) is 0 Å². The molecule has 2 atom stereocenters. The highest BCUT2D eigenvalue weighted by atomic mass is 127. The van der Waals surface area contributed by atoms with Gasteiger partial charge >= 0.3 is 0 Å². The van der Waals surface area contributed by atoms with Gasteiger partial charge in [-0.15, -0.1) is 24.0 Å². The van der Waals surface area contributed by atoms with Crippen molar-refractivity contribution in [2.75, 3.05) is 46.4 Å². The number of aliphatic imine (C=N–C) groups is 1. The molecule has 1 heterocycles. The first-order valence-electron chi connectivity index (χ1n) is 8.89. The van der Waals surface area contributed by atoms with Gasteiger partial charge in [0.25, 0.3) is 0 Å². The Kier molecular flexibility index (Phi) is 13.2. The van der Waals surface area contributed by atoms with Crippen molar-refractivity contribution in [2.24, 2.45) is 16.8 Å². The Bertz CT molecular complexity index is 326. The van der Waals surface area contributed by atoms with Crippen LogP contribution >= 0.6 is 24.0 Å². The number of nitrogens with zero attached hydrogens (tertiary/aromatic N) is 2. The highest BCUT2D eigenvalue weighted by Gasteiger charge is 2.19. The lowest BCUT2D eigenvalue weighted by atomic mass is 10.0. The number of likely N-dealkylation sites (tertiary alicyclic amines) is 1. The number of hydrogen-bond donors (Lipinski definition) is 2. The predicted octanol–water partition coefficient (Wildman–Crippen LogP) is 2.56. The molecule has 23 heavy (non-hydrogen) atoms. The van der Waals surface area contributed by atoms with Crippen LogP contribution < -0.4 is 10.6 Å². The number of hydrogen-bond acceptors (Lipinski definition) is 3. The van der Waals surface area contributed by atoms with Crippen LogP contribution in [0.2, 0.25) is 0 Å². The van der Waals surface area contributed by atoms with Crippen LogP contribution in [0.5, 0.6) is 0 Å². The summed E-state index contributed by atoms with van der Waals surface area (Å²) in [5, 5.41) is 6.78. The zero-order chi connectivity index (χ0) is 16.4. The van der Waals surface area contributed by atoms with Gasteiger partial charge in [0.2, 0.25) is 0 Å². The van der Waals surface area contributed by atoms with Gasteiger partial charge in [-0.3, -0.25) is 4.99 Å². The molecular formula is C17H37IN4O. The Morgan fingerprint density at radius 1 is 1.30 bits per heavy atom. The zero-order valence-electron chi connectivity index (χ0n) is 15.6. The fourth-order valence-corrected chi connectivity index (χ4v) is 2.89. The van der Waals surface area contributed by atoms with Gasteiger partial charge in [-0.25, -0.2) is 0 Å². The number of rotatable bonds is 9. The number of halogens is 1. The molecule has 0 aromatic rings. The van der Waals surface area contributed by atoms with E-state index in [4.69, 9.17) is 9.73 Å². The van der Waals surface area contributed by atoms with E-state index in [2.05, 4.69) is 50.3 Å². The van der Waals surface area contributed by atoms with Crippen molar-refractivity contribution in [3.05, 3.63) is 0 Å². The van der Waals surface area contributed by atoms with Gasteiger partial charge in [-0.05, 0) is 52.1 Å². The molecule has 0 amide bonds. The average molecular weight is 440 g/mol. The predicted molar refractivity (Wildman–Crippen MR) is 110 cm³/mol. The maximum atomic E-state index is 5.79. The Morgan fingerprint density at radius 3 is 2.57 bits per heavy atom. The maximum Gasteiger partial charge on any atom is 0.191 e. The molecule has 0 radical (unpaired) electrons. The molecule has 1 aliphatic rings. The molecule has 0 spiro atoms. The van der Waals surface area contributed by atoms with Gasteiger partial charge in [0.15, 0.2) is 5.96 Å². The van der Waals surface area contributed by atoms with Crippen LogP contribution in [-0.2, 0) is 4.74 Å². The zero-order valence-corrected chi connectivity index (χ0v) is 17.9. The number of ether oxygens (including phenoxy) is 1. The van der Waals surface area contributed by atoms with Crippen LogP contribution in [0.1, 0.15) is 40.5 Å². The van der Waals surface area contributed by atoms with Crippen LogP contribution in [0.25, 0.3) is 0 Å². The minimum absolute atomic E-state index is 0. The van der Waals surface area contributed by atoms with Crippen molar-refractivity contribution in [2.45, 2.75) is 46.6 Å². The van der Waals surface area contributed by atoms with E-state index in [0.717, 1.165) is 38.6 Å². The Balaban J connectivity index is 0.00000484. The van der Waals surface area contributed by atoms with E-state index in [1.807, 2.05) is 0 Å². The van der Waals surface area contributed by atoms with Crippen LogP contribution in [0.4, 0.5) is 0 Å². The van der Waals surface area contributed by atoms with Gasteiger partial charge in [-0.2, -0.15) is 0 Å². The van der Waals surface area contributed by atoms with Gasteiger partial charge in [0, 0.05) is 32.8 Å². The van der Waals surface area contributed by atoms with E-state index >= 15 is 0 Å². The Labute approximate surface area is 160 Å². The molecule has 1 rings (SSSR count). The molecule has 0 aromatic heterocycles. The van der Waals surface area contributed by atoms with Gasteiger partial charge in [0.05, 0.1) is 6.10 Å². The summed E-state index contributed by atoms with van der Waals surface area (Å²) in [6.45, 7) is 14.5. The molecular weight excluding hydrogens is 403 g/mol. The molecule has 0 bridgehead atoms. The molecule has 1 fully saturated rings. The lowest BCUT2D eigenvalue weighted by Crippen LogP contribution is -2.39. The summed E-state index contributed by atoms with van der Waals surface area (Å²) in [5.41, 5.74) is 0. The standard InChI is InChI=1S/C17H36N4O.HI/c1-6-18-17(20-12-15-9-11-21(5)13-15)19-10-8-16(14(3)4)22-7-2;/h14-16H,6-13H2,1-5H3,(H2,18,19,20);1H. The summed E-state index contributed by atoms with van der Waals surface area (Å²) in [7, 11) is 2.19. The first-order chi connectivity index (χ1) is 10.6. The van der Waals surface area contributed by atoms with Crippen molar-refractivity contribution in [3.63, 3.8) is 0 Å². The summed E-state index contributed by atoms with van der Waals surface area (Å²) in [6, 6.07) is 0. The van der Waals surface area contributed by atoms with Crippen LogP contribution in [0.15, 0.2) is 4.99 Å². The third-order valence-corrected chi connectivity index (χ3v) is 4.19. The van der Waals surface area contributed by atoms with Crippen LogP contribution in [0.3, 0.4) is 0 Å². The summed E-state index contributed by atoms with van der Waals surface area (Å²) in [5.74, 6) is 2.19. The van der Waals surface area contributed by atoms with Crippen LogP contribution in [0, 0.1) is 11.8 Å². The summed E-state index contributed by atoms with van der Waals surface area (Å²) in [6.07, 6.45) is 2.60. The largest absolute Gasteiger partial charge is 0.378 e. The van der Waals surface area contributed by atoms with E-state index in [9.17, 15) is 0 Å².